The molecule has 0 aliphatic rings. The Morgan fingerprint density at radius 3 is 2.20 bits per heavy atom. The van der Waals surface area contributed by atoms with Crippen LogP contribution >= 0.6 is 15.9 Å². The summed E-state index contributed by atoms with van der Waals surface area (Å²) in [4.78, 5) is 0. The zero-order chi connectivity index (χ0) is 11.9. The van der Waals surface area contributed by atoms with Gasteiger partial charge in [-0.1, -0.05) is 49.5 Å². The van der Waals surface area contributed by atoms with Gasteiger partial charge in [-0.25, -0.2) is 8.42 Å². The van der Waals surface area contributed by atoms with Gasteiger partial charge in [0.2, 0.25) is 0 Å². The van der Waals surface area contributed by atoms with Gasteiger partial charge in [0.1, 0.15) is 0 Å². The van der Waals surface area contributed by atoms with Crippen molar-refractivity contribution < 1.29 is 8.42 Å². The van der Waals surface area contributed by atoms with Gasteiger partial charge in [-0.15, -0.1) is 0 Å². The lowest BCUT2D eigenvalue weighted by molar-refractivity contribution is 0.461. The molecule has 0 heterocycles. The van der Waals surface area contributed by atoms with E-state index in [4.69, 9.17) is 0 Å². The maximum Gasteiger partial charge on any atom is 0.150 e. The summed E-state index contributed by atoms with van der Waals surface area (Å²) in [6, 6.07) is 0. The summed E-state index contributed by atoms with van der Waals surface area (Å²) >= 11 is 3.39. The van der Waals surface area contributed by atoms with Crippen molar-refractivity contribution in [3.63, 3.8) is 0 Å². The van der Waals surface area contributed by atoms with E-state index in [-0.39, 0.29) is 5.92 Å². The monoisotopic (exact) mass is 298 g/mol. The first-order valence-electron chi connectivity index (χ1n) is 5.69. The summed E-state index contributed by atoms with van der Waals surface area (Å²) in [6.45, 7) is 6.24. The van der Waals surface area contributed by atoms with Crippen LogP contribution in [0.1, 0.15) is 40.0 Å². The Kier molecular flexibility index (Phi) is 7.88. The Hall–Kier alpha value is 0.430. The molecule has 0 bridgehead atoms. The van der Waals surface area contributed by atoms with Crippen molar-refractivity contribution in [1.82, 2.24) is 0 Å². The number of rotatable bonds is 8. The number of alkyl halides is 1. The molecule has 0 spiro atoms. The van der Waals surface area contributed by atoms with Crippen molar-refractivity contribution in [3.8, 4) is 0 Å². The first-order chi connectivity index (χ1) is 6.93. The largest absolute Gasteiger partial charge is 0.229 e. The fourth-order valence-electron chi connectivity index (χ4n) is 1.40. The molecule has 4 heteroatoms. The van der Waals surface area contributed by atoms with Gasteiger partial charge in [-0.3, -0.25) is 0 Å². The smallest absolute Gasteiger partial charge is 0.150 e. The second-order valence-electron chi connectivity index (χ2n) is 4.48. The van der Waals surface area contributed by atoms with Crippen molar-refractivity contribution in [2.75, 3.05) is 16.8 Å². The molecule has 0 rings (SSSR count). The second kappa shape index (κ2) is 7.66. The van der Waals surface area contributed by atoms with E-state index >= 15 is 0 Å². The summed E-state index contributed by atoms with van der Waals surface area (Å²) in [5.41, 5.74) is 0. The van der Waals surface area contributed by atoms with Crippen molar-refractivity contribution in [2.45, 2.75) is 40.0 Å². The van der Waals surface area contributed by atoms with E-state index in [9.17, 15) is 8.42 Å². The predicted molar refractivity (Wildman–Crippen MR) is 70.3 cm³/mol. The lowest BCUT2D eigenvalue weighted by Gasteiger charge is -2.17. The zero-order valence-corrected chi connectivity index (χ0v) is 12.4. The fourth-order valence-corrected chi connectivity index (χ4v) is 4.64. The first-order valence-corrected chi connectivity index (χ1v) is 8.63. The van der Waals surface area contributed by atoms with Gasteiger partial charge in [-0.05, 0) is 18.3 Å². The van der Waals surface area contributed by atoms with E-state index in [1.807, 2.05) is 0 Å². The highest BCUT2D eigenvalue weighted by Crippen LogP contribution is 2.17. The molecule has 0 aromatic carbocycles. The van der Waals surface area contributed by atoms with E-state index in [1.54, 1.807) is 0 Å². The third-order valence-corrected chi connectivity index (χ3v) is 5.35. The summed E-state index contributed by atoms with van der Waals surface area (Å²) in [5.74, 6) is 1.36. The molecule has 0 N–H and O–H groups in total. The molecule has 1 atom stereocenters. The maximum absolute atomic E-state index is 11.8. The maximum atomic E-state index is 11.8. The Bertz CT molecular complexity index is 247. The van der Waals surface area contributed by atoms with Crippen LogP contribution in [0, 0.1) is 11.8 Å². The SMILES string of the molecule is CCCCCS(=O)(=O)CC(CBr)C(C)C. The molecular weight excluding hydrogens is 276 g/mol. The molecule has 0 aliphatic carbocycles. The van der Waals surface area contributed by atoms with E-state index in [1.165, 1.54) is 0 Å². The summed E-state index contributed by atoms with van der Waals surface area (Å²) in [6.07, 6.45) is 2.90. The van der Waals surface area contributed by atoms with Gasteiger partial charge in [0, 0.05) is 5.33 Å². The topological polar surface area (TPSA) is 34.1 Å². The third-order valence-electron chi connectivity index (χ3n) is 2.67. The molecular formula is C11H23BrO2S. The molecule has 0 aliphatic heterocycles. The van der Waals surface area contributed by atoms with Gasteiger partial charge in [0.25, 0.3) is 0 Å². The van der Waals surface area contributed by atoms with Gasteiger partial charge in [-0.2, -0.15) is 0 Å². The van der Waals surface area contributed by atoms with Crippen LogP contribution in [0.5, 0.6) is 0 Å². The van der Waals surface area contributed by atoms with Crippen LogP contribution in [0.3, 0.4) is 0 Å². The minimum absolute atomic E-state index is 0.247. The molecule has 0 fully saturated rings. The fraction of sp³-hybridized carbons (Fsp3) is 1.00. The van der Waals surface area contributed by atoms with Crippen molar-refractivity contribution in [2.24, 2.45) is 11.8 Å². The molecule has 0 radical (unpaired) electrons. The molecule has 92 valence electrons. The quantitative estimate of drug-likeness (QED) is 0.509. The van der Waals surface area contributed by atoms with E-state index in [0.717, 1.165) is 24.6 Å². The van der Waals surface area contributed by atoms with Gasteiger partial charge in [0.05, 0.1) is 11.5 Å². The summed E-state index contributed by atoms with van der Waals surface area (Å²) in [5, 5.41) is 0.775. The molecule has 0 saturated carbocycles. The second-order valence-corrected chi connectivity index (χ2v) is 7.36. The van der Waals surface area contributed by atoms with E-state index < -0.39 is 9.84 Å². The van der Waals surface area contributed by atoms with Crippen LogP contribution in [-0.4, -0.2) is 25.3 Å². The van der Waals surface area contributed by atoms with Crippen LogP contribution in [0.4, 0.5) is 0 Å². The zero-order valence-electron chi connectivity index (χ0n) is 10.0. The number of hydrogen-bond donors (Lipinski definition) is 0. The molecule has 1 unspecified atom stereocenters. The van der Waals surface area contributed by atoms with Crippen molar-refractivity contribution in [3.05, 3.63) is 0 Å². The van der Waals surface area contributed by atoms with E-state index in [0.29, 0.717) is 17.4 Å². The predicted octanol–water partition coefficient (Wildman–Crippen LogP) is 3.26. The normalized spacial score (nSPS) is 14.5. The third kappa shape index (κ3) is 7.34. The molecule has 0 aromatic rings. The Labute approximate surface area is 103 Å². The molecule has 0 aromatic heterocycles. The standard InChI is InChI=1S/C11H23BrO2S/c1-4-5-6-7-15(13,14)9-11(8-12)10(2)3/h10-11H,4-9H2,1-3H3. The molecule has 0 saturated heterocycles. The van der Waals surface area contributed by atoms with Crippen LogP contribution in [0.25, 0.3) is 0 Å². The van der Waals surface area contributed by atoms with Gasteiger partial charge in [0.15, 0.2) is 9.84 Å². The summed E-state index contributed by atoms with van der Waals surface area (Å²) in [7, 11) is -2.84. The molecule has 2 nitrogen and oxygen atoms in total. The van der Waals surface area contributed by atoms with Crippen LogP contribution < -0.4 is 0 Å². The van der Waals surface area contributed by atoms with Crippen LogP contribution in [0.15, 0.2) is 0 Å². The lowest BCUT2D eigenvalue weighted by Crippen LogP contribution is -2.24. The van der Waals surface area contributed by atoms with Crippen molar-refractivity contribution in [1.29, 1.82) is 0 Å². The number of halogens is 1. The van der Waals surface area contributed by atoms with Crippen LogP contribution in [-0.2, 0) is 9.84 Å². The minimum Gasteiger partial charge on any atom is -0.229 e. The Morgan fingerprint density at radius 1 is 1.20 bits per heavy atom. The molecule has 0 amide bonds. The number of sulfone groups is 1. The highest BCUT2D eigenvalue weighted by molar-refractivity contribution is 9.09. The number of unbranched alkanes of at least 4 members (excludes halogenated alkanes) is 2. The average Bonchev–Trinajstić information content (AvgIpc) is 2.14. The highest BCUT2D eigenvalue weighted by atomic mass is 79.9. The number of hydrogen-bond acceptors (Lipinski definition) is 2. The van der Waals surface area contributed by atoms with Gasteiger partial charge >= 0.3 is 0 Å². The first kappa shape index (κ1) is 15.4. The average molecular weight is 299 g/mol. The Balaban J connectivity index is 4.11. The van der Waals surface area contributed by atoms with Gasteiger partial charge < -0.3 is 0 Å². The van der Waals surface area contributed by atoms with Crippen LogP contribution in [0.2, 0.25) is 0 Å². The lowest BCUT2D eigenvalue weighted by atomic mass is 10.0. The van der Waals surface area contributed by atoms with E-state index in [2.05, 4.69) is 36.7 Å². The molecule has 15 heavy (non-hydrogen) atoms. The minimum atomic E-state index is -2.84. The Morgan fingerprint density at radius 2 is 1.80 bits per heavy atom. The highest BCUT2D eigenvalue weighted by Gasteiger charge is 2.20. The van der Waals surface area contributed by atoms with Crippen molar-refractivity contribution >= 4 is 25.8 Å². The summed E-state index contributed by atoms with van der Waals surface area (Å²) < 4.78 is 23.5.